The number of amides is 3. The summed E-state index contributed by atoms with van der Waals surface area (Å²) in [5.41, 5.74) is 3.66. The van der Waals surface area contributed by atoms with Gasteiger partial charge in [-0.3, -0.25) is 0 Å². The van der Waals surface area contributed by atoms with Gasteiger partial charge in [0.25, 0.3) is 6.10 Å². The van der Waals surface area contributed by atoms with Gasteiger partial charge in [0.05, 0.1) is 12.1 Å². The van der Waals surface area contributed by atoms with Gasteiger partial charge in [0.1, 0.15) is 12.3 Å². The van der Waals surface area contributed by atoms with Gasteiger partial charge in [0.15, 0.2) is 5.71 Å². The number of unbranched alkanes of at least 4 members (excludes halogenated alkanes) is 1. The number of hydrogen-bond acceptors (Lipinski definition) is 3. The molecule has 2 aromatic carbocycles. The lowest BCUT2D eigenvalue weighted by molar-refractivity contribution is -0.456. The summed E-state index contributed by atoms with van der Waals surface area (Å²) >= 11 is 0. The molecule has 3 amide bonds. The van der Waals surface area contributed by atoms with Crippen LogP contribution in [-0.2, 0) is 11.3 Å². The SMILES string of the molecule is CCCCN1C(=O)C2Oc3ccccc3C2=[N+](Cc2cccc(C)c2)C1=O. The molecule has 2 heterocycles. The smallest absolute Gasteiger partial charge is 0.469 e. The summed E-state index contributed by atoms with van der Waals surface area (Å²) in [6.45, 7) is 4.91. The zero-order valence-electron chi connectivity index (χ0n) is 15.6. The Labute approximate surface area is 158 Å². The molecule has 1 unspecified atom stereocenters. The minimum Gasteiger partial charge on any atom is -0.469 e. The van der Waals surface area contributed by atoms with Crippen molar-refractivity contribution in [3.63, 3.8) is 0 Å². The largest absolute Gasteiger partial charge is 0.501 e. The van der Waals surface area contributed by atoms with Crippen LogP contribution in [0, 0.1) is 6.92 Å². The number of ether oxygens (including phenoxy) is 1. The number of hydrogen-bond donors (Lipinski definition) is 0. The van der Waals surface area contributed by atoms with E-state index in [1.165, 1.54) is 4.90 Å². The highest BCUT2D eigenvalue weighted by molar-refractivity contribution is 6.21. The summed E-state index contributed by atoms with van der Waals surface area (Å²) in [6, 6.07) is 15.4. The van der Waals surface area contributed by atoms with Crippen molar-refractivity contribution in [3.8, 4) is 5.75 Å². The van der Waals surface area contributed by atoms with E-state index in [9.17, 15) is 9.59 Å². The van der Waals surface area contributed by atoms with E-state index in [1.54, 1.807) is 4.58 Å². The molecule has 5 nitrogen and oxygen atoms in total. The van der Waals surface area contributed by atoms with Crippen molar-refractivity contribution in [3.05, 3.63) is 65.2 Å². The maximum Gasteiger partial charge on any atom is 0.501 e. The van der Waals surface area contributed by atoms with Crippen molar-refractivity contribution in [1.29, 1.82) is 0 Å². The molecule has 138 valence electrons. The second-order valence-electron chi connectivity index (χ2n) is 7.08. The van der Waals surface area contributed by atoms with Crippen LogP contribution >= 0.6 is 0 Å². The highest BCUT2D eigenvalue weighted by atomic mass is 16.5. The fourth-order valence-electron chi connectivity index (χ4n) is 3.71. The van der Waals surface area contributed by atoms with Crippen LogP contribution in [0.25, 0.3) is 0 Å². The summed E-state index contributed by atoms with van der Waals surface area (Å²) in [5.74, 6) is 0.394. The first-order valence-electron chi connectivity index (χ1n) is 9.41. The Morgan fingerprint density at radius 3 is 2.70 bits per heavy atom. The van der Waals surface area contributed by atoms with E-state index in [0.717, 1.165) is 29.5 Å². The molecule has 0 saturated carbocycles. The Morgan fingerprint density at radius 1 is 1.11 bits per heavy atom. The number of urea groups is 1. The molecule has 0 aromatic heterocycles. The molecule has 0 spiro atoms. The summed E-state index contributed by atoms with van der Waals surface area (Å²) in [4.78, 5) is 27.6. The molecular weight excluding hydrogens is 340 g/mol. The number of rotatable bonds is 5. The van der Waals surface area contributed by atoms with E-state index in [1.807, 2.05) is 56.3 Å². The minimum atomic E-state index is -0.748. The predicted molar refractivity (Wildman–Crippen MR) is 102 cm³/mol. The fraction of sp³-hybridized carbons (Fsp3) is 0.318. The number of carbonyl (C=O) groups is 2. The van der Waals surface area contributed by atoms with E-state index in [0.29, 0.717) is 24.6 Å². The Hall–Kier alpha value is -2.95. The van der Waals surface area contributed by atoms with Crippen LogP contribution < -0.4 is 4.74 Å². The molecule has 0 saturated heterocycles. The number of benzene rings is 2. The summed E-state index contributed by atoms with van der Waals surface area (Å²) in [6.07, 6.45) is 0.948. The molecule has 2 aliphatic rings. The first-order valence-corrected chi connectivity index (χ1v) is 9.41. The van der Waals surface area contributed by atoms with Gasteiger partial charge in [0.2, 0.25) is 0 Å². The summed E-state index contributed by atoms with van der Waals surface area (Å²) in [7, 11) is 0. The lowest BCUT2D eigenvalue weighted by atomic mass is 10.0. The van der Waals surface area contributed by atoms with Crippen LogP contribution in [0.1, 0.15) is 36.5 Å². The molecule has 2 aromatic rings. The van der Waals surface area contributed by atoms with Gasteiger partial charge in [-0.2, -0.15) is 14.3 Å². The molecule has 4 rings (SSSR count). The van der Waals surface area contributed by atoms with E-state index in [2.05, 4.69) is 6.07 Å². The normalized spacial score (nSPS) is 18.4. The van der Waals surface area contributed by atoms with E-state index in [-0.39, 0.29) is 11.9 Å². The molecule has 27 heavy (non-hydrogen) atoms. The van der Waals surface area contributed by atoms with Crippen LogP contribution in [0.4, 0.5) is 4.79 Å². The molecule has 0 bridgehead atoms. The third kappa shape index (κ3) is 3.03. The zero-order chi connectivity index (χ0) is 19.0. The third-order valence-electron chi connectivity index (χ3n) is 5.06. The van der Waals surface area contributed by atoms with Gasteiger partial charge < -0.3 is 4.74 Å². The Kier molecular flexibility index (Phi) is 4.52. The summed E-state index contributed by atoms with van der Waals surface area (Å²) in [5, 5.41) is 0. The highest BCUT2D eigenvalue weighted by Gasteiger charge is 2.53. The Balaban J connectivity index is 1.82. The average Bonchev–Trinajstić information content (AvgIpc) is 3.05. The van der Waals surface area contributed by atoms with Crippen molar-refractivity contribution in [2.24, 2.45) is 0 Å². The number of fused-ring (bicyclic) bond motifs is 3. The second kappa shape index (κ2) is 6.99. The first kappa shape index (κ1) is 17.5. The van der Waals surface area contributed by atoms with Gasteiger partial charge in [-0.25, -0.2) is 4.79 Å². The van der Waals surface area contributed by atoms with Crippen molar-refractivity contribution in [2.45, 2.75) is 39.3 Å². The molecule has 0 radical (unpaired) electrons. The van der Waals surface area contributed by atoms with Gasteiger partial charge in [-0.05, 0) is 31.0 Å². The number of nitrogens with zero attached hydrogens (tertiary/aromatic N) is 2. The third-order valence-corrected chi connectivity index (χ3v) is 5.06. The molecule has 0 fully saturated rings. The number of para-hydroxylation sites is 1. The number of aryl methyl sites for hydroxylation is 1. The maximum atomic E-state index is 13.2. The van der Waals surface area contributed by atoms with Crippen molar-refractivity contribution >= 4 is 17.6 Å². The van der Waals surface area contributed by atoms with Crippen molar-refractivity contribution in [2.75, 3.05) is 6.54 Å². The maximum absolute atomic E-state index is 13.2. The van der Waals surface area contributed by atoms with Gasteiger partial charge in [-0.15, -0.1) is 0 Å². The van der Waals surface area contributed by atoms with Gasteiger partial charge in [-0.1, -0.05) is 55.3 Å². The number of imide groups is 1. The van der Waals surface area contributed by atoms with Crippen LogP contribution in [0.15, 0.2) is 48.5 Å². The van der Waals surface area contributed by atoms with E-state index < -0.39 is 6.10 Å². The van der Waals surface area contributed by atoms with E-state index in [4.69, 9.17) is 4.74 Å². The predicted octanol–water partition coefficient (Wildman–Crippen LogP) is 3.52. The lowest BCUT2D eigenvalue weighted by Crippen LogP contribution is -2.57. The van der Waals surface area contributed by atoms with E-state index >= 15 is 0 Å². The molecule has 1 atom stereocenters. The van der Waals surface area contributed by atoms with Crippen LogP contribution in [0.3, 0.4) is 0 Å². The molecule has 0 N–H and O–H groups in total. The number of carbonyl (C=O) groups excluding carboxylic acids is 2. The van der Waals surface area contributed by atoms with Crippen molar-refractivity contribution < 1.29 is 18.9 Å². The van der Waals surface area contributed by atoms with Crippen LogP contribution in [0.5, 0.6) is 5.75 Å². The van der Waals surface area contributed by atoms with Gasteiger partial charge >= 0.3 is 11.9 Å². The lowest BCUT2D eigenvalue weighted by Gasteiger charge is -2.24. The first-order chi connectivity index (χ1) is 13.1. The molecule has 0 aliphatic carbocycles. The Morgan fingerprint density at radius 2 is 1.93 bits per heavy atom. The summed E-state index contributed by atoms with van der Waals surface area (Å²) < 4.78 is 7.66. The standard InChI is InChI=1S/C22H23N2O3/c1-3-4-12-23-21(25)20-19(17-10-5-6-11-18(17)27-20)24(22(23)26)14-16-9-7-8-15(2)13-16/h5-11,13,20H,3-4,12,14H2,1-2H3/q+1. The minimum absolute atomic E-state index is 0.262. The monoisotopic (exact) mass is 363 g/mol. The second-order valence-corrected chi connectivity index (χ2v) is 7.08. The Bertz CT molecular complexity index is 948. The topological polar surface area (TPSA) is 49.6 Å². The van der Waals surface area contributed by atoms with Crippen molar-refractivity contribution in [1.82, 2.24) is 4.90 Å². The van der Waals surface area contributed by atoms with Gasteiger partial charge in [0, 0.05) is 0 Å². The zero-order valence-corrected chi connectivity index (χ0v) is 15.6. The average molecular weight is 363 g/mol. The molecule has 5 heteroatoms. The van der Waals surface area contributed by atoms with Crippen LogP contribution in [0.2, 0.25) is 0 Å². The molecule has 2 aliphatic heterocycles. The quantitative estimate of drug-likeness (QED) is 0.764. The van der Waals surface area contributed by atoms with Crippen LogP contribution in [-0.4, -0.2) is 39.8 Å². The highest BCUT2D eigenvalue weighted by Crippen LogP contribution is 2.32. The molecular formula is C22H23N2O3+. The fourth-order valence-corrected chi connectivity index (χ4v) is 3.71.